The molecule has 0 aromatic rings. The highest BCUT2D eigenvalue weighted by molar-refractivity contribution is 6.33. The highest BCUT2D eigenvalue weighted by Crippen LogP contribution is 2.49. The van der Waals surface area contributed by atoms with Gasteiger partial charge in [0.05, 0.1) is 5.03 Å². The Morgan fingerprint density at radius 2 is 1.95 bits per heavy atom. The molecule has 0 atom stereocenters. The van der Waals surface area contributed by atoms with Crippen LogP contribution in [-0.4, -0.2) is 33.8 Å². The summed E-state index contributed by atoms with van der Waals surface area (Å²) >= 11 is 6.32. The molecule has 2 N–H and O–H groups in total. The van der Waals surface area contributed by atoms with Gasteiger partial charge in [-0.2, -0.15) is 0 Å². The summed E-state index contributed by atoms with van der Waals surface area (Å²) in [5.74, 6) is -0.126. The number of hydrogen-bond donors (Lipinski definition) is 1. The molecule has 1 heterocycles. The molecule has 1 spiro atoms. The van der Waals surface area contributed by atoms with E-state index in [1.54, 1.807) is 17.9 Å². The van der Waals surface area contributed by atoms with Crippen molar-refractivity contribution >= 4 is 23.9 Å². The van der Waals surface area contributed by atoms with E-state index in [-0.39, 0.29) is 22.7 Å². The van der Waals surface area contributed by atoms with E-state index >= 15 is 0 Å². The van der Waals surface area contributed by atoms with E-state index < -0.39 is 5.66 Å². The Labute approximate surface area is 135 Å². The predicted molar refractivity (Wildman–Crippen MR) is 84.4 cm³/mol. The van der Waals surface area contributed by atoms with E-state index in [2.05, 4.69) is 0 Å². The molecule has 2 aliphatic carbocycles. The van der Waals surface area contributed by atoms with Crippen LogP contribution in [0.15, 0.2) is 22.5 Å². The summed E-state index contributed by atoms with van der Waals surface area (Å²) in [6.45, 7) is 1.71. The fourth-order valence-corrected chi connectivity index (χ4v) is 4.15. The largest absolute Gasteiger partial charge is 0.402 e. The standard InChI is InChI=1S/C16H22ClN3O2/c1-11(18)9-13(17)14-15(22)20(12-5-6-12)16(19(14)10-21)7-3-2-4-8-16/h9-10,12H,2-8,18H2,1H3/b11-9+,14-13+. The summed E-state index contributed by atoms with van der Waals surface area (Å²) in [6.07, 6.45) is 9.19. The fourth-order valence-electron chi connectivity index (χ4n) is 3.80. The van der Waals surface area contributed by atoms with Gasteiger partial charge in [0.15, 0.2) is 0 Å². The highest BCUT2D eigenvalue weighted by Gasteiger charge is 2.58. The summed E-state index contributed by atoms with van der Waals surface area (Å²) in [4.78, 5) is 28.3. The summed E-state index contributed by atoms with van der Waals surface area (Å²) in [7, 11) is 0. The molecule has 6 heteroatoms. The lowest BCUT2D eigenvalue weighted by Crippen LogP contribution is -2.55. The molecule has 5 nitrogen and oxygen atoms in total. The second kappa shape index (κ2) is 5.61. The van der Waals surface area contributed by atoms with Gasteiger partial charge in [-0.25, -0.2) is 0 Å². The van der Waals surface area contributed by atoms with Gasteiger partial charge in [-0.15, -0.1) is 0 Å². The topological polar surface area (TPSA) is 66.6 Å². The molecule has 3 fully saturated rings. The highest BCUT2D eigenvalue weighted by atomic mass is 35.5. The summed E-state index contributed by atoms with van der Waals surface area (Å²) in [5.41, 5.74) is 5.97. The maximum Gasteiger partial charge on any atom is 0.274 e. The van der Waals surface area contributed by atoms with E-state index in [1.165, 1.54) is 0 Å². The lowest BCUT2D eigenvalue weighted by atomic mass is 9.87. The van der Waals surface area contributed by atoms with Crippen LogP contribution in [0, 0.1) is 0 Å². The first kappa shape index (κ1) is 15.4. The zero-order chi connectivity index (χ0) is 15.9. The van der Waals surface area contributed by atoms with E-state index in [0.29, 0.717) is 5.70 Å². The van der Waals surface area contributed by atoms with E-state index in [1.807, 2.05) is 4.90 Å². The molecule has 2 amide bonds. The second-order valence-corrected chi connectivity index (χ2v) is 6.92. The van der Waals surface area contributed by atoms with Crippen molar-refractivity contribution in [3.63, 3.8) is 0 Å². The summed E-state index contributed by atoms with van der Waals surface area (Å²) in [6, 6.07) is 0.248. The SMILES string of the molecule is C/C(N)=C\C(Cl)=C1\C(=O)N(C2CC2)C2(CCCCC2)N1C=O. The van der Waals surface area contributed by atoms with Gasteiger partial charge in [0.25, 0.3) is 5.91 Å². The zero-order valence-corrected chi connectivity index (χ0v) is 13.6. The van der Waals surface area contributed by atoms with Gasteiger partial charge < -0.3 is 10.6 Å². The molecule has 3 aliphatic rings. The first-order valence-corrected chi connectivity index (χ1v) is 8.31. The number of rotatable bonds is 3. The molecule has 3 rings (SSSR count). The van der Waals surface area contributed by atoms with Crippen LogP contribution in [0.1, 0.15) is 51.9 Å². The van der Waals surface area contributed by atoms with Crippen LogP contribution in [0.4, 0.5) is 0 Å². The molecule has 22 heavy (non-hydrogen) atoms. The second-order valence-electron chi connectivity index (χ2n) is 6.51. The Hall–Kier alpha value is -1.49. The summed E-state index contributed by atoms with van der Waals surface area (Å²) in [5, 5.41) is 0.255. The molecule has 0 bridgehead atoms. The Morgan fingerprint density at radius 1 is 1.32 bits per heavy atom. The van der Waals surface area contributed by atoms with Gasteiger partial charge in [0.2, 0.25) is 6.41 Å². The number of allylic oxidation sites excluding steroid dienone is 3. The smallest absolute Gasteiger partial charge is 0.274 e. The van der Waals surface area contributed by atoms with E-state index in [4.69, 9.17) is 17.3 Å². The lowest BCUT2D eigenvalue weighted by molar-refractivity contribution is -0.135. The third-order valence-corrected chi connectivity index (χ3v) is 5.10. The number of carbonyl (C=O) groups is 2. The lowest BCUT2D eigenvalue weighted by Gasteiger charge is -2.44. The van der Waals surface area contributed by atoms with Crippen LogP contribution in [0.2, 0.25) is 0 Å². The van der Waals surface area contributed by atoms with Gasteiger partial charge in [0.1, 0.15) is 11.4 Å². The Morgan fingerprint density at radius 3 is 2.45 bits per heavy atom. The minimum absolute atomic E-state index is 0.126. The van der Waals surface area contributed by atoms with Crippen LogP contribution < -0.4 is 5.73 Å². The molecule has 120 valence electrons. The monoisotopic (exact) mass is 323 g/mol. The van der Waals surface area contributed by atoms with Crippen molar-refractivity contribution in [2.75, 3.05) is 0 Å². The average molecular weight is 324 g/mol. The van der Waals surface area contributed by atoms with Gasteiger partial charge >= 0.3 is 0 Å². The molecule has 0 aromatic heterocycles. The molecular weight excluding hydrogens is 302 g/mol. The van der Waals surface area contributed by atoms with Gasteiger partial charge in [0, 0.05) is 11.7 Å². The van der Waals surface area contributed by atoms with Crippen LogP contribution in [0.25, 0.3) is 0 Å². The number of hydrogen-bond acceptors (Lipinski definition) is 3. The van der Waals surface area contributed by atoms with Crippen LogP contribution >= 0.6 is 11.6 Å². The maximum absolute atomic E-state index is 13.0. The van der Waals surface area contributed by atoms with Crippen LogP contribution in [-0.2, 0) is 9.59 Å². The number of amides is 2. The maximum atomic E-state index is 13.0. The van der Waals surface area contributed by atoms with Crippen molar-refractivity contribution in [2.24, 2.45) is 5.73 Å². The molecule has 0 aromatic carbocycles. The normalized spacial score (nSPS) is 27.5. The van der Waals surface area contributed by atoms with E-state index in [9.17, 15) is 9.59 Å². The quantitative estimate of drug-likeness (QED) is 0.640. The van der Waals surface area contributed by atoms with Crippen molar-refractivity contribution in [2.45, 2.75) is 63.6 Å². The first-order chi connectivity index (χ1) is 10.5. The average Bonchev–Trinajstić information content (AvgIpc) is 3.25. The van der Waals surface area contributed by atoms with Crippen LogP contribution in [0.3, 0.4) is 0 Å². The molecular formula is C16H22ClN3O2. The minimum Gasteiger partial charge on any atom is -0.402 e. The van der Waals surface area contributed by atoms with Crippen molar-refractivity contribution in [1.29, 1.82) is 0 Å². The molecule has 2 saturated carbocycles. The number of halogens is 1. The zero-order valence-electron chi connectivity index (χ0n) is 12.8. The number of carbonyl (C=O) groups excluding carboxylic acids is 2. The van der Waals surface area contributed by atoms with Crippen molar-refractivity contribution in [1.82, 2.24) is 9.80 Å². The number of nitrogens with zero attached hydrogens (tertiary/aromatic N) is 2. The third kappa shape index (κ3) is 2.32. The van der Waals surface area contributed by atoms with E-state index in [0.717, 1.165) is 51.4 Å². The molecule has 1 aliphatic heterocycles. The van der Waals surface area contributed by atoms with Gasteiger partial charge in [-0.1, -0.05) is 18.0 Å². The number of nitrogens with two attached hydrogens (primary N) is 1. The fraction of sp³-hybridized carbons (Fsp3) is 0.625. The van der Waals surface area contributed by atoms with Crippen LogP contribution in [0.5, 0.6) is 0 Å². The Balaban J connectivity index is 2.11. The molecule has 0 radical (unpaired) electrons. The molecule has 0 unspecified atom stereocenters. The van der Waals surface area contributed by atoms with Gasteiger partial charge in [-0.3, -0.25) is 14.5 Å². The first-order valence-electron chi connectivity index (χ1n) is 7.93. The minimum atomic E-state index is -0.510. The predicted octanol–water partition coefficient (Wildman–Crippen LogP) is 2.42. The molecule has 1 saturated heterocycles. The van der Waals surface area contributed by atoms with Gasteiger partial charge in [-0.05, 0) is 51.5 Å². The van der Waals surface area contributed by atoms with Crippen molar-refractivity contribution in [3.8, 4) is 0 Å². The van der Waals surface area contributed by atoms with Crippen molar-refractivity contribution in [3.05, 3.63) is 22.5 Å². The van der Waals surface area contributed by atoms with Crippen molar-refractivity contribution < 1.29 is 9.59 Å². The Kier molecular flexibility index (Phi) is 3.93. The Bertz CT molecular complexity index is 556. The third-order valence-electron chi connectivity index (χ3n) is 4.81. The summed E-state index contributed by atoms with van der Waals surface area (Å²) < 4.78 is 0.